The molecule has 1 saturated heterocycles. The monoisotopic (exact) mass is 506 g/mol. The summed E-state index contributed by atoms with van der Waals surface area (Å²) in [6.45, 7) is 4.49. The van der Waals surface area contributed by atoms with Crippen molar-refractivity contribution in [3.63, 3.8) is 0 Å². The van der Waals surface area contributed by atoms with E-state index < -0.39 is 0 Å². The molecule has 0 saturated carbocycles. The lowest BCUT2D eigenvalue weighted by molar-refractivity contribution is -0.129. The number of carbonyl (C=O) groups is 1. The van der Waals surface area contributed by atoms with Gasteiger partial charge in [0.1, 0.15) is 11.6 Å². The third-order valence-electron chi connectivity index (χ3n) is 4.85. The maximum Gasteiger partial charge on any atom is 0.222 e. The van der Waals surface area contributed by atoms with E-state index in [9.17, 15) is 9.18 Å². The lowest BCUT2D eigenvalue weighted by Crippen LogP contribution is -2.45. The Balaban J connectivity index is 0.00000280. The van der Waals surface area contributed by atoms with Crippen LogP contribution in [0.4, 0.5) is 4.39 Å². The van der Waals surface area contributed by atoms with Gasteiger partial charge >= 0.3 is 0 Å². The fourth-order valence-corrected chi connectivity index (χ4v) is 3.47. The van der Waals surface area contributed by atoms with Crippen molar-refractivity contribution in [2.75, 3.05) is 33.5 Å². The summed E-state index contributed by atoms with van der Waals surface area (Å²) >= 11 is 0. The molecule has 156 valence electrons. The molecule has 1 fully saturated rings. The van der Waals surface area contributed by atoms with E-state index in [1.54, 1.807) is 7.05 Å². The standard InChI is InChI=1S/C19H27FN4O3.HI/c1-3-17(25)24-7-5-16(10-24)23-19(21-2)22-6-4-13-8-15(20)9-14-11-26-12-27-18(13)14;/h8-9,16H,3-7,10-12H2,1-2H3,(H2,21,22,23);1H. The van der Waals surface area contributed by atoms with Crippen LogP contribution in [0.15, 0.2) is 17.1 Å². The topological polar surface area (TPSA) is 75.2 Å². The zero-order valence-electron chi connectivity index (χ0n) is 16.3. The van der Waals surface area contributed by atoms with Gasteiger partial charge in [0, 0.05) is 44.7 Å². The normalized spacial score (nSPS) is 18.8. The number of fused-ring (bicyclic) bond motifs is 1. The number of halogens is 2. The largest absolute Gasteiger partial charge is 0.467 e. The molecular weight excluding hydrogens is 478 g/mol. The Hall–Kier alpha value is -1.62. The maximum absolute atomic E-state index is 13.8. The number of aliphatic imine (C=N–C) groups is 1. The second kappa shape index (κ2) is 10.8. The average Bonchev–Trinajstić information content (AvgIpc) is 3.14. The minimum atomic E-state index is -0.285. The van der Waals surface area contributed by atoms with Gasteiger partial charge in [0.15, 0.2) is 12.8 Å². The van der Waals surface area contributed by atoms with Crippen molar-refractivity contribution in [1.82, 2.24) is 15.5 Å². The van der Waals surface area contributed by atoms with Gasteiger partial charge in [-0.2, -0.15) is 0 Å². The van der Waals surface area contributed by atoms with Crippen LogP contribution in [-0.2, 0) is 22.6 Å². The van der Waals surface area contributed by atoms with Crippen LogP contribution in [0.2, 0.25) is 0 Å². The van der Waals surface area contributed by atoms with Crippen molar-refractivity contribution in [2.45, 2.75) is 38.8 Å². The number of carbonyl (C=O) groups excluding carboxylic acids is 1. The van der Waals surface area contributed by atoms with Crippen molar-refractivity contribution in [2.24, 2.45) is 4.99 Å². The fraction of sp³-hybridized carbons (Fsp3) is 0.579. The van der Waals surface area contributed by atoms with Gasteiger partial charge in [0.25, 0.3) is 0 Å². The fourth-order valence-electron chi connectivity index (χ4n) is 3.47. The molecule has 0 bridgehead atoms. The van der Waals surface area contributed by atoms with Crippen LogP contribution in [0, 0.1) is 5.82 Å². The van der Waals surface area contributed by atoms with Crippen LogP contribution < -0.4 is 15.4 Å². The third kappa shape index (κ3) is 5.69. The van der Waals surface area contributed by atoms with E-state index in [1.807, 2.05) is 11.8 Å². The Labute approximate surface area is 182 Å². The van der Waals surface area contributed by atoms with Crippen LogP contribution in [-0.4, -0.2) is 56.3 Å². The number of benzene rings is 1. The molecule has 2 N–H and O–H groups in total. The van der Waals surface area contributed by atoms with Crippen molar-refractivity contribution < 1.29 is 18.7 Å². The van der Waals surface area contributed by atoms with Crippen LogP contribution in [0.5, 0.6) is 5.75 Å². The van der Waals surface area contributed by atoms with E-state index in [2.05, 4.69) is 15.6 Å². The van der Waals surface area contributed by atoms with Gasteiger partial charge in [-0.1, -0.05) is 6.92 Å². The number of guanidine groups is 1. The second-order valence-electron chi connectivity index (χ2n) is 6.74. The highest BCUT2D eigenvalue weighted by atomic mass is 127. The van der Waals surface area contributed by atoms with Gasteiger partial charge in [-0.05, 0) is 30.5 Å². The molecular formula is C19H28FIN4O3. The predicted molar refractivity (Wildman–Crippen MR) is 116 cm³/mol. The lowest BCUT2D eigenvalue weighted by atomic mass is 10.1. The van der Waals surface area contributed by atoms with Crippen molar-refractivity contribution >= 4 is 35.8 Å². The number of nitrogens with one attached hydrogen (secondary N) is 2. The molecule has 0 aliphatic carbocycles. The zero-order chi connectivity index (χ0) is 19.2. The van der Waals surface area contributed by atoms with E-state index in [4.69, 9.17) is 9.47 Å². The molecule has 2 heterocycles. The molecule has 9 heteroatoms. The highest BCUT2D eigenvalue weighted by molar-refractivity contribution is 14.0. The molecule has 3 rings (SSSR count). The quantitative estimate of drug-likeness (QED) is 0.363. The van der Waals surface area contributed by atoms with Crippen molar-refractivity contribution in [3.8, 4) is 5.75 Å². The molecule has 28 heavy (non-hydrogen) atoms. The Kier molecular flexibility index (Phi) is 8.74. The number of amides is 1. The Bertz CT molecular complexity index is 717. The predicted octanol–water partition coefficient (Wildman–Crippen LogP) is 2.03. The number of hydrogen-bond donors (Lipinski definition) is 2. The molecule has 1 atom stereocenters. The Morgan fingerprint density at radius 3 is 3.00 bits per heavy atom. The average molecular weight is 506 g/mol. The summed E-state index contributed by atoms with van der Waals surface area (Å²) < 4.78 is 24.6. The van der Waals surface area contributed by atoms with Gasteiger partial charge in [-0.3, -0.25) is 9.79 Å². The smallest absolute Gasteiger partial charge is 0.222 e. The summed E-state index contributed by atoms with van der Waals surface area (Å²) in [7, 11) is 1.71. The number of ether oxygens (including phenoxy) is 2. The van der Waals surface area contributed by atoms with E-state index in [-0.39, 0.29) is 48.5 Å². The molecule has 0 spiro atoms. The molecule has 2 aliphatic rings. The molecule has 0 radical (unpaired) electrons. The maximum atomic E-state index is 13.8. The van der Waals surface area contributed by atoms with Crippen LogP contribution in [0.1, 0.15) is 30.9 Å². The molecule has 1 unspecified atom stereocenters. The van der Waals surface area contributed by atoms with E-state index in [0.29, 0.717) is 38.5 Å². The van der Waals surface area contributed by atoms with Gasteiger partial charge < -0.3 is 25.0 Å². The van der Waals surface area contributed by atoms with Gasteiger partial charge in [-0.15, -0.1) is 24.0 Å². The second-order valence-corrected chi connectivity index (χ2v) is 6.74. The van der Waals surface area contributed by atoms with E-state index in [1.165, 1.54) is 12.1 Å². The first-order valence-electron chi connectivity index (χ1n) is 9.37. The summed E-state index contributed by atoms with van der Waals surface area (Å²) in [6, 6.07) is 3.15. The van der Waals surface area contributed by atoms with Crippen molar-refractivity contribution in [1.29, 1.82) is 0 Å². The van der Waals surface area contributed by atoms with Gasteiger partial charge in [0.2, 0.25) is 5.91 Å². The van der Waals surface area contributed by atoms with Gasteiger partial charge in [0.05, 0.1) is 6.61 Å². The molecule has 7 nitrogen and oxygen atoms in total. The van der Waals surface area contributed by atoms with E-state index in [0.717, 1.165) is 29.8 Å². The highest BCUT2D eigenvalue weighted by Crippen LogP contribution is 2.29. The summed E-state index contributed by atoms with van der Waals surface area (Å²) in [5.74, 6) is 1.30. The summed E-state index contributed by atoms with van der Waals surface area (Å²) in [6.07, 6.45) is 2.04. The minimum absolute atomic E-state index is 0. The molecule has 2 aliphatic heterocycles. The third-order valence-corrected chi connectivity index (χ3v) is 4.85. The molecule has 1 aromatic rings. The van der Waals surface area contributed by atoms with Crippen LogP contribution in [0.25, 0.3) is 0 Å². The first kappa shape index (κ1) is 22.7. The SMILES string of the molecule is CCC(=O)N1CCC(NC(=NC)NCCc2cc(F)cc3c2OCOC3)C1.I. The Morgan fingerprint density at radius 1 is 1.43 bits per heavy atom. The summed E-state index contributed by atoms with van der Waals surface area (Å²) in [4.78, 5) is 17.9. The van der Waals surface area contributed by atoms with Crippen LogP contribution in [0.3, 0.4) is 0 Å². The summed E-state index contributed by atoms with van der Waals surface area (Å²) in [5, 5.41) is 6.61. The highest BCUT2D eigenvalue weighted by Gasteiger charge is 2.25. The molecule has 1 aromatic carbocycles. The zero-order valence-corrected chi connectivity index (χ0v) is 18.6. The number of likely N-dealkylation sites (tertiary alicyclic amines) is 1. The van der Waals surface area contributed by atoms with Crippen LogP contribution >= 0.6 is 24.0 Å². The first-order valence-corrected chi connectivity index (χ1v) is 9.37. The van der Waals surface area contributed by atoms with Gasteiger partial charge in [-0.25, -0.2) is 4.39 Å². The van der Waals surface area contributed by atoms with E-state index >= 15 is 0 Å². The number of hydrogen-bond acceptors (Lipinski definition) is 4. The lowest BCUT2D eigenvalue weighted by Gasteiger charge is -2.21. The Morgan fingerprint density at radius 2 is 2.25 bits per heavy atom. The number of rotatable bonds is 5. The summed E-state index contributed by atoms with van der Waals surface area (Å²) in [5.41, 5.74) is 1.56. The van der Waals surface area contributed by atoms with Crippen molar-refractivity contribution in [3.05, 3.63) is 29.1 Å². The molecule has 0 aromatic heterocycles. The first-order chi connectivity index (χ1) is 13.1. The number of nitrogens with zero attached hydrogens (tertiary/aromatic N) is 2. The molecule has 1 amide bonds. The minimum Gasteiger partial charge on any atom is -0.467 e.